The van der Waals surface area contributed by atoms with Crippen molar-refractivity contribution in [1.29, 1.82) is 0 Å². The third-order valence-electron chi connectivity index (χ3n) is 7.13. The SMILES string of the molecule is c1ccc(N(c2ccccc2)c2ccc(-c3ccc(-c4ccc(-c5nc6ccccc6s5)cc4)cc3)cc2)cc1. The number of benzene rings is 6. The Morgan fingerprint density at radius 2 is 0.775 bits per heavy atom. The molecule has 2 nitrogen and oxygen atoms in total. The van der Waals surface area contributed by atoms with Crippen LogP contribution in [0.25, 0.3) is 43.0 Å². The van der Waals surface area contributed by atoms with E-state index in [0.29, 0.717) is 0 Å². The first-order valence-corrected chi connectivity index (χ1v) is 14.2. The van der Waals surface area contributed by atoms with E-state index in [4.69, 9.17) is 4.98 Å². The molecule has 0 atom stereocenters. The summed E-state index contributed by atoms with van der Waals surface area (Å²) in [5.74, 6) is 0. The van der Waals surface area contributed by atoms with Crippen LogP contribution in [0.15, 0.2) is 158 Å². The smallest absolute Gasteiger partial charge is 0.124 e. The minimum Gasteiger partial charge on any atom is -0.311 e. The van der Waals surface area contributed by atoms with Gasteiger partial charge in [-0.15, -0.1) is 11.3 Å². The van der Waals surface area contributed by atoms with Crippen molar-refractivity contribution in [1.82, 2.24) is 4.98 Å². The van der Waals surface area contributed by atoms with Crippen LogP contribution in [0, 0.1) is 0 Å². The highest BCUT2D eigenvalue weighted by molar-refractivity contribution is 7.21. The standard InChI is InChI=1S/C37H26N2S/c1-3-9-32(10-4-1)39(33-11-5-2-6-12-33)34-25-23-30(24-26-34)28-17-15-27(16-18-28)29-19-21-31(22-20-29)37-38-35-13-7-8-14-36(35)40-37/h1-26H. The van der Waals surface area contributed by atoms with Crippen LogP contribution in [0.5, 0.6) is 0 Å². The van der Waals surface area contributed by atoms with Crippen LogP contribution < -0.4 is 4.90 Å². The third-order valence-corrected chi connectivity index (χ3v) is 8.22. The molecular weight excluding hydrogens is 504 g/mol. The van der Waals surface area contributed by atoms with E-state index in [-0.39, 0.29) is 0 Å². The second-order valence-corrected chi connectivity index (χ2v) is 10.7. The molecule has 1 aromatic heterocycles. The lowest BCUT2D eigenvalue weighted by molar-refractivity contribution is 1.28. The first kappa shape index (κ1) is 24.1. The number of hydrogen-bond donors (Lipinski definition) is 0. The monoisotopic (exact) mass is 530 g/mol. The number of rotatable bonds is 6. The van der Waals surface area contributed by atoms with E-state index in [1.807, 2.05) is 6.07 Å². The zero-order valence-electron chi connectivity index (χ0n) is 21.8. The van der Waals surface area contributed by atoms with E-state index in [0.717, 1.165) is 33.1 Å². The van der Waals surface area contributed by atoms with Crippen LogP contribution in [0.3, 0.4) is 0 Å². The molecule has 190 valence electrons. The molecule has 0 saturated heterocycles. The summed E-state index contributed by atoms with van der Waals surface area (Å²) in [6.07, 6.45) is 0. The maximum Gasteiger partial charge on any atom is 0.124 e. The lowest BCUT2D eigenvalue weighted by Gasteiger charge is -2.25. The third kappa shape index (κ3) is 4.79. The molecule has 3 heteroatoms. The predicted octanol–water partition coefficient (Wildman–Crippen LogP) is 10.8. The number of anilines is 3. The van der Waals surface area contributed by atoms with E-state index in [9.17, 15) is 0 Å². The van der Waals surface area contributed by atoms with Gasteiger partial charge in [0.05, 0.1) is 10.2 Å². The summed E-state index contributed by atoms with van der Waals surface area (Å²) >= 11 is 1.74. The van der Waals surface area contributed by atoms with Crippen molar-refractivity contribution in [3.63, 3.8) is 0 Å². The highest BCUT2D eigenvalue weighted by atomic mass is 32.1. The van der Waals surface area contributed by atoms with Gasteiger partial charge in [-0.3, -0.25) is 0 Å². The first-order chi connectivity index (χ1) is 19.8. The molecule has 0 spiro atoms. The number of para-hydroxylation sites is 3. The molecular formula is C37H26N2S. The Hall–Kier alpha value is -4.99. The van der Waals surface area contributed by atoms with Gasteiger partial charge < -0.3 is 4.90 Å². The Morgan fingerprint density at radius 3 is 1.27 bits per heavy atom. The Bertz CT molecular complexity index is 1780. The molecule has 0 saturated carbocycles. The van der Waals surface area contributed by atoms with Gasteiger partial charge in [0.15, 0.2) is 0 Å². The van der Waals surface area contributed by atoms with Gasteiger partial charge in [0, 0.05) is 22.6 Å². The van der Waals surface area contributed by atoms with Crippen molar-refractivity contribution in [3.05, 3.63) is 158 Å². The van der Waals surface area contributed by atoms with Gasteiger partial charge in [-0.1, -0.05) is 109 Å². The molecule has 0 aliphatic heterocycles. The minimum absolute atomic E-state index is 1.06. The average molecular weight is 531 g/mol. The van der Waals surface area contributed by atoms with Crippen LogP contribution in [-0.4, -0.2) is 4.98 Å². The molecule has 40 heavy (non-hydrogen) atoms. The van der Waals surface area contributed by atoms with Gasteiger partial charge in [0.1, 0.15) is 5.01 Å². The van der Waals surface area contributed by atoms with Crippen LogP contribution in [0.1, 0.15) is 0 Å². The van der Waals surface area contributed by atoms with E-state index < -0.39 is 0 Å². The fraction of sp³-hybridized carbons (Fsp3) is 0. The summed E-state index contributed by atoms with van der Waals surface area (Å²) in [6, 6.07) is 55.6. The predicted molar refractivity (Wildman–Crippen MR) is 171 cm³/mol. The molecule has 1 heterocycles. The van der Waals surface area contributed by atoms with Crippen molar-refractivity contribution in [3.8, 4) is 32.8 Å². The van der Waals surface area contributed by atoms with Crippen molar-refractivity contribution in [2.45, 2.75) is 0 Å². The molecule has 0 N–H and O–H groups in total. The minimum atomic E-state index is 1.06. The maximum absolute atomic E-state index is 4.80. The molecule has 7 aromatic rings. The maximum atomic E-state index is 4.80. The lowest BCUT2D eigenvalue weighted by Crippen LogP contribution is -2.09. The first-order valence-electron chi connectivity index (χ1n) is 13.4. The van der Waals surface area contributed by atoms with Crippen molar-refractivity contribution in [2.75, 3.05) is 4.90 Å². The molecule has 6 aromatic carbocycles. The largest absolute Gasteiger partial charge is 0.311 e. The fourth-order valence-electron chi connectivity index (χ4n) is 5.06. The van der Waals surface area contributed by atoms with Gasteiger partial charge in [-0.25, -0.2) is 4.98 Å². The van der Waals surface area contributed by atoms with E-state index in [1.54, 1.807) is 11.3 Å². The van der Waals surface area contributed by atoms with Crippen LogP contribution in [0.4, 0.5) is 17.1 Å². The normalized spacial score (nSPS) is 11.0. The van der Waals surface area contributed by atoms with Gasteiger partial charge in [0.2, 0.25) is 0 Å². The molecule has 0 aliphatic rings. The molecule has 0 unspecified atom stereocenters. The lowest BCUT2D eigenvalue weighted by atomic mass is 9.99. The van der Waals surface area contributed by atoms with E-state index >= 15 is 0 Å². The Labute approximate surface area is 238 Å². The molecule has 0 bridgehead atoms. The molecule has 7 rings (SSSR count). The summed E-state index contributed by atoms with van der Waals surface area (Å²) < 4.78 is 1.22. The highest BCUT2D eigenvalue weighted by Gasteiger charge is 2.12. The number of aromatic nitrogens is 1. The Kier molecular flexibility index (Phi) is 6.41. The van der Waals surface area contributed by atoms with Gasteiger partial charge in [-0.2, -0.15) is 0 Å². The second kappa shape index (κ2) is 10.6. The number of hydrogen-bond acceptors (Lipinski definition) is 3. The van der Waals surface area contributed by atoms with Gasteiger partial charge >= 0.3 is 0 Å². The van der Waals surface area contributed by atoms with Crippen LogP contribution >= 0.6 is 11.3 Å². The Balaban J connectivity index is 1.12. The molecule has 0 radical (unpaired) electrons. The van der Waals surface area contributed by atoms with Crippen LogP contribution in [0.2, 0.25) is 0 Å². The summed E-state index contributed by atoms with van der Waals surface area (Å²) in [6.45, 7) is 0. The zero-order valence-corrected chi connectivity index (χ0v) is 22.6. The summed E-state index contributed by atoms with van der Waals surface area (Å²) in [5, 5.41) is 1.06. The Morgan fingerprint density at radius 1 is 0.375 bits per heavy atom. The number of nitrogens with zero attached hydrogens (tertiary/aromatic N) is 2. The van der Waals surface area contributed by atoms with Crippen molar-refractivity contribution >= 4 is 38.6 Å². The summed E-state index contributed by atoms with van der Waals surface area (Å²) in [7, 11) is 0. The zero-order chi connectivity index (χ0) is 26.7. The van der Waals surface area contributed by atoms with Crippen molar-refractivity contribution in [2.24, 2.45) is 0 Å². The number of fused-ring (bicyclic) bond motifs is 1. The van der Waals surface area contributed by atoms with Gasteiger partial charge in [0.25, 0.3) is 0 Å². The average Bonchev–Trinajstić information content (AvgIpc) is 3.48. The quantitative estimate of drug-likeness (QED) is 0.213. The molecule has 0 fully saturated rings. The number of thiazole rings is 1. The van der Waals surface area contributed by atoms with Crippen molar-refractivity contribution < 1.29 is 0 Å². The second-order valence-electron chi connectivity index (χ2n) is 9.69. The summed E-state index contributed by atoms with van der Waals surface area (Å²) in [4.78, 5) is 7.08. The topological polar surface area (TPSA) is 16.1 Å². The fourth-order valence-corrected chi connectivity index (χ4v) is 6.03. The van der Waals surface area contributed by atoms with Gasteiger partial charge in [-0.05, 0) is 70.8 Å². The molecule has 0 amide bonds. The molecule has 0 aliphatic carbocycles. The van der Waals surface area contributed by atoms with Crippen LogP contribution in [-0.2, 0) is 0 Å². The highest BCUT2D eigenvalue weighted by Crippen LogP contribution is 2.36. The summed E-state index contributed by atoms with van der Waals surface area (Å²) in [5.41, 5.74) is 10.4. The van der Waals surface area contributed by atoms with E-state index in [2.05, 4.69) is 157 Å². The van der Waals surface area contributed by atoms with E-state index in [1.165, 1.54) is 27.0 Å².